The molecular formula is C55H40N2. The highest BCUT2D eigenvalue weighted by molar-refractivity contribution is 5.88. The summed E-state index contributed by atoms with van der Waals surface area (Å²) >= 11 is 0. The zero-order chi connectivity index (χ0) is 38.0. The zero-order valence-electron chi connectivity index (χ0n) is 31.5. The van der Waals surface area contributed by atoms with Gasteiger partial charge in [-0.3, -0.25) is 0 Å². The van der Waals surface area contributed by atoms with Gasteiger partial charge in [0.2, 0.25) is 0 Å². The average Bonchev–Trinajstić information content (AvgIpc) is 3.29. The summed E-state index contributed by atoms with van der Waals surface area (Å²) in [6.45, 7) is 0. The van der Waals surface area contributed by atoms with E-state index in [4.69, 9.17) is 0 Å². The van der Waals surface area contributed by atoms with Crippen LogP contribution in [-0.4, -0.2) is 0 Å². The van der Waals surface area contributed by atoms with E-state index in [1.54, 1.807) is 0 Å². The van der Waals surface area contributed by atoms with E-state index in [0.29, 0.717) is 0 Å². The highest BCUT2D eigenvalue weighted by Gasteiger charge is 2.24. The third kappa shape index (κ3) is 6.79. The van der Waals surface area contributed by atoms with Gasteiger partial charge in [-0.1, -0.05) is 164 Å². The van der Waals surface area contributed by atoms with Crippen LogP contribution in [0.1, 0.15) is 11.1 Å². The number of fused-ring (bicyclic) bond motifs is 2. The number of benzene rings is 9. The molecule has 1 heterocycles. The first kappa shape index (κ1) is 34.1. The summed E-state index contributed by atoms with van der Waals surface area (Å²) < 4.78 is 0. The van der Waals surface area contributed by atoms with Crippen LogP contribution in [0.25, 0.3) is 44.5 Å². The first-order valence-corrected chi connectivity index (χ1v) is 19.6. The van der Waals surface area contributed by atoms with Crippen LogP contribution in [0.15, 0.2) is 231 Å². The van der Waals surface area contributed by atoms with E-state index < -0.39 is 0 Å². The van der Waals surface area contributed by atoms with Crippen molar-refractivity contribution in [3.8, 4) is 44.5 Å². The molecule has 0 saturated carbocycles. The Morgan fingerprint density at radius 1 is 0.281 bits per heavy atom. The van der Waals surface area contributed by atoms with Crippen LogP contribution in [0.2, 0.25) is 0 Å². The van der Waals surface area contributed by atoms with Gasteiger partial charge < -0.3 is 9.80 Å². The molecule has 0 fully saturated rings. The molecule has 0 N–H and O–H groups in total. The number of anilines is 6. The maximum Gasteiger partial charge on any atom is 0.0497 e. The smallest absolute Gasteiger partial charge is 0.0497 e. The van der Waals surface area contributed by atoms with Crippen molar-refractivity contribution in [1.29, 1.82) is 0 Å². The molecular weight excluding hydrogens is 689 g/mol. The molecule has 0 bridgehead atoms. The molecule has 0 amide bonds. The number of hydrogen-bond acceptors (Lipinski definition) is 2. The first-order valence-electron chi connectivity index (χ1n) is 19.6. The van der Waals surface area contributed by atoms with Crippen LogP contribution in [0.5, 0.6) is 0 Å². The average molecular weight is 729 g/mol. The Kier molecular flexibility index (Phi) is 8.98. The van der Waals surface area contributed by atoms with Crippen molar-refractivity contribution in [2.75, 3.05) is 9.80 Å². The lowest BCUT2D eigenvalue weighted by molar-refractivity contribution is 1.09. The minimum absolute atomic E-state index is 0.941. The lowest BCUT2D eigenvalue weighted by Crippen LogP contribution is -2.18. The normalized spacial score (nSPS) is 11.8. The van der Waals surface area contributed by atoms with Crippen molar-refractivity contribution in [3.05, 3.63) is 242 Å². The zero-order valence-corrected chi connectivity index (χ0v) is 31.5. The van der Waals surface area contributed by atoms with Gasteiger partial charge in [0.1, 0.15) is 0 Å². The molecule has 2 nitrogen and oxygen atoms in total. The Labute approximate surface area is 335 Å². The summed E-state index contributed by atoms with van der Waals surface area (Å²) in [5.41, 5.74) is 19.1. The van der Waals surface area contributed by atoms with E-state index in [-0.39, 0.29) is 0 Å². The monoisotopic (exact) mass is 728 g/mol. The van der Waals surface area contributed by atoms with E-state index in [1.165, 1.54) is 67.0 Å². The van der Waals surface area contributed by atoms with Gasteiger partial charge >= 0.3 is 0 Å². The Morgan fingerprint density at radius 3 is 1.19 bits per heavy atom. The lowest BCUT2D eigenvalue weighted by Gasteiger charge is -2.33. The molecule has 270 valence electrons. The Morgan fingerprint density at radius 2 is 0.684 bits per heavy atom. The predicted molar refractivity (Wildman–Crippen MR) is 240 cm³/mol. The maximum atomic E-state index is 2.41. The Hall–Kier alpha value is -7.42. The topological polar surface area (TPSA) is 6.48 Å². The predicted octanol–water partition coefficient (Wildman–Crippen LogP) is 15.2. The first-order chi connectivity index (χ1) is 28.2. The molecule has 1 aliphatic rings. The van der Waals surface area contributed by atoms with Gasteiger partial charge in [-0.15, -0.1) is 0 Å². The van der Waals surface area contributed by atoms with Crippen LogP contribution in [0, 0.1) is 0 Å². The second-order valence-corrected chi connectivity index (χ2v) is 14.6. The molecule has 2 heteroatoms. The Balaban J connectivity index is 1.07. The van der Waals surface area contributed by atoms with Crippen molar-refractivity contribution < 1.29 is 0 Å². The third-order valence-corrected chi connectivity index (χ3v) is 11.0. The number of hydrogen-bond donors (Lipinski definition) is 0. The van der Waals surface area contributed by atoms with E-state index in [9.17, 15) is 0 Å². The molecule has 0 radical (unpaired) electrons. The molecule has 0 atom stereocenters. The van der Waals surface area contributed by atoms with Gasteiger partial charge in [0.05, 0.1) is 0 Å². The summed E-state index contributed by atoms with van der Waals surface area (Å²) in [6.07, 6.45) is 0.941. The molecule has 0 unspecified atom stereocenters. The molecule has 0 aliphatic carbocycles. The summed E-state index contributed by atoms with van der Waals surface area (Å²) in [7, 11) is 0. The molecule has 10 rings (SSSR count). The van der Waals surface area contributed by atoms with Gasteiger partial charge in [-0.25, -0.2) is 0 Å². The van der Waals surface area contributed by atoms with Crippen LogP contribution in [-0.2, 0) is 6.42 Å². The fraction of sp³-hybridized carbons (Fsp3) is 0.0182. The Bertz CT molecular complexity index is 2690. The quantitative estimate of drug-likeness (QED) is 0.154. The van der Waals surface area contributed by atoms with Crippen molar-refractivity contribution in [3.63, 3.8) is 0 Å². The molecule has 0 spiro atoms. The van der Waals surface area contributed by atoms with Crippen molar-refractivity contribution in [2.45, 2.75) is 6.42 Å². The van der Waals surface area contributed by atoms with Gasteiger partial charge in [-0.05, 0) is 122 Å². The summed E-state index contributed by atoms with van der Waals surface area (Å²) in [6, 6.07) is 83.4. The number of para-hydroxylation sites is 2. The van der Waals surface area contributed by atoms with E-state index in [2.05, 4.69) is 240 Å². The molecule has 9 aromatic rings. The fourth-order valence-electron chi connectivity index (χ4n) is 8.21. The number of rotatable bonds is 8. The third-order valence-electron chi connectivity index (χ3n) is 11.0. The minimum Gasteiger partial charge on any atom is -0.310 e. The van der Waals surface area contributed by atoms with Crippen molar-refractivity contribution in [2.24, 2.45) is 0 Å². The van der Waals surface area contributed by atoms with Gasteiger partial charge in [0.15, 0.2) is 0 Å². The van der Waals surface area contributed by atoms with Crippen LogP contribution < -0.4 is 9.80 Å². The highest BCUT2D eigenvalue weighted by Crippen LogP contribution is 2.45. The van der Waals surface area contributed by atoms with Gasteiger partial charge in [0, 0.05) is 40.5 Å². The second-order valence-electron chi connectivity index (χ2n) is 14.6. The SMILES string of the molecule is c1ccc(-c2ccc(N(c3ccc(-c4cccc(N5c6ccccc6Cc6ccccc65)c4)cc3)c3cc(-c4ccccc4)cc(-c4ccccc4)c3)cc2)cc1. The summed E-state index contributed by atoms with van der Waals surface area (Å²) in [5, 5.41) is 0. The van der Waals surface area contributed by atoms with Crippen LogP contribution in [0.4, 0.5) is 34.1 Å². The van der Waals surface area contributed by atoms with E-state index in [1.807, 2.05) is 0 Å². The van der Waals surface area contributed by atoms with E-state index in [0.717, 1.165) is 29.2 Å². The fourth-order valence-corrected chi connectivity index (χ4v) is 8.21. The molecule has 0 aromatic heterocycles. The molecule has 9 aromatic carbocycles. The van der Waals surface area contributed by atoms with Gasteiger partial charge in [-0.2, -0.15) is 0 Å². The highest BCUT2D eigenvalue weighted by atomic mass is 15.2. The minimum atomic E-state index is 0.941. The van der Waals surface area contributed by atoms with Crippen LogP contribution >= 0.6 is 0 Å². The molecule has 0 saturated heterocycles. The van der Waals surface area contributed by atoms with Crippen molar-refractivity contribution >= 4 is 34.1 Å². The molecule has 1 aliphatic heterocycles. The van der Waals surface area contributed by atoms with E-state index >= 15 is 0 Å². The second kappa shape index (κ2) is 15.0. The largest absolute Gasteiger partial charge is 0.310 e. The number of nitrogens with zero attached hydrogens (tertiary/aromatic N) is 2. The molecule has 57 heavy (non-hydrogen) atoms. The standard InChI is InChI=1S/C55H40N2/c1-4-15-40(16-5-1)43-27-31-50(32-28-43)56(53-38-48(41-17-6-2-7-18-41)36-49(39-53)42-19-8-3-9-20-42)51-33-29-44(30-34-51)45-23-14-24-52(37-45)57-54-25-12-10-21-46(54)35-47-22-11-13-26-55(47)57/h1-34,36-39H,35H2. The summed E-state index contributed by atoms with van der Waals surface area (Å²) in [5.74, 6) is 0. The van der Waals surface area contributed by atoms with Crippen molar-refractivity contribution in [1.82, 2.24) is 0 Å². The summed E-state index contributed by atoms with van der Waals surface area (Å²) in [4.78, 5) is 4.80. The van der Waals surface area contributed by atoms with Crippen LogP contribution in [0.3, 0.4) is 0 Å². The maximum absolute atomic E-state index is 2.41. The lowest BCUT2D eigenvalue weighted by atomic mass is 9.94. The van der Waals surface area contributed by atoms with Gasteiger partial charge in [0.25, 0.3) is 0 Å².